The average molecular weight is 315 g/mol. The second-order valence-electron chi connectivity index (χ2n) is 6.83. The number of aromatic amines is 1. The predicted octanol–water partition coefficient (Wildman–Crippen LogP) is 3.04. The highest BCUT2D eigenvalue weighted by Crippen LogP contribution is 2.44. The molecule has 2 aliphatic rings. The lowest BCUT2D eigenvalue weighted by Crippen LogP contribution is -2.44. The first-order valence-corrected chi connectivity index (χ1v) is 8.28. The molecule has 1 spiro atoms. The molecule has 4 nitrogen and oxygen atoms in total. The van der Waals surface area contributed by atoms with Crippen LogP contribution in [0.1, 0.15) is 36.1 Å². The molecular formula is C18H22FN3O. The lowest BCUT2D eigenvalue weighted by atomic mass is 9.77. The molecule has 0 radical (unpaired) electrons. The van der Waals surface area contributed by atoms with Gasteiger partial charge in [-0.05, 0) is 55.5 Å². The molecule has 5 heteroatoms. The fraction of sp³-hybridized carbons (Fsp3) is 0.500. The molecule has 1 saturated heterocycles. The first kappa shape index (κ1) is 14.7. The number of piperidine rings is 1. The van der Waals surface area contributed by atoms with E-state index in [1.54, 1.807) is 12.1 Å². The summed E-state index contributed by atoms with van der Waals surface area (Å²) in [5.41, 5.74) is 3.93. The molecule has 23 heavy (non-hydrogen) atoms. The van der Waals surface area contributed by atoms with Crippen molar-refractivity contribution in [1.82, 2.24) is 15.1 Å². The summed E-state index contributed by atoms with van der Waals surface area (Å²) < 4.78 is 18.9. The van der Waals surface area contributed by atoms with Gasteiger partial charge in [0, 0.05) is 24.2 Å². The van der Waals surface area contributed by atoms with Gasteiger partial charge in [0.15, 0.2) is 11.6 Å². The van der Waals surface area contributed by atoms with E-state index in [1.165, 1.54) is 37.6 Å². The smallest absolute Gasteiger partial charge is 0.165 e. The van der Waals surface area contributed by atoms with Crippen molar-refractivity contribution in [2.24, 2.45) is 0 Å². The lowest BCUT2D eigenvalue weighted by Gasteiger charge is -2.40. The number of aryl methyl sites for hydroxylation is 1. The normalized spacial score (nSPS) is 24.1. The van der Waals surface area contributed by atoms with Crippen molar-refractivity contribution < 1.29 is 9.13 Å². The van der Waals surface area contributed by atoms with E-state index in [0.717, 1.165) is 31.6 Å². The van der Waals surface area contributed by atoms with Gasteiger partial charge in [-0.25, -0.2) is 4.39 Å². The number of fused-ring (bicyclic) bond motifs is 2. The molecule has 1 aromatic heterocycles. The number of rotatable bonds is 3. The molecule has 1 atom stereocenters. The molecule has 1 aromatic carbocycles. The van der Waals surface area contributed by atoms with Gasteiger partial charge in [-0.15, -0.1) is 0 Å². The van der Waals surface area contributed by atoms with Gasteiger partial charge in [0.25, 0.3) is 0 Å². The Kier molecular flexibility index (Phi) is 3.60. The van der Waals surface area contributed by atoms with Crippen LogP contribution in [0, 0.1) is 5.82 Å². The van der Waals surface area contributed by atoms with Crippen LogP contribution in [0.3, 0.4) is 0 Å². The zero-order valence-corrected chi connectivity index (χ0v) is 13.4. The molecule has 4 rings (SSSR count). The minimum absolute atomic E-state index is 0.217. The third kappa shape index (κ3) is 2.53. The third-order valence-electron chi connectivity index (χ3n) is 5.40. The highest BCUT2D eigenvalue weighted by atomic mass is 19.1. The van der Waals surface area contributed by atoms with Crippen molar-refractivity contribution in [3.63, 3.8) is 0 Å². The van der Waals surface area contributed by atoms with Crippen LogP contribution in [-0.4, -0.2) is 35.3 Å². The molecule has 0 saturated carbocycles. The molecular weight excluding hydrogens is 293 g/mol. The Balaban J connectivity index is 1.51. The Labute approximate surface area is 135 Å². The van der Waals surface area contributed by atoms with Gasteiger partial charge in [-0.2, -0.15) is 5.10 Å². The second-order valence-corrected chi connectivity index (χ2v) is 6.83. The number of hydrogen-bond acceptors (Lipinski definition) is 3. The first-order valence-electron chi connectivity index (χ1n) is 8.28. The van der Waals surface area contributed by atoms with Crippen LogP contribution in [0.25, 0.3) is 0 Å². The molecule has 2 heterocycles. The van der Waals surface area contributed by atoms with E-state index >= 15 is 0 Å². The van der Waals surface area contributed by atoms with E-state index in [0.29, 0.717) is 5.75 Å². The third-order valence-corrected chi connectivity index (χ3v) is 5.40. The summed E-state index contributed by atoms with van der Waals surface area (Å²) in [6, 6.07) is 5.27. The number of methoxy groups -OCH3 is 1. The van der Waals surface area contributed by atoms with Gasteiger partial charge in [0.1, 0.15) is 0 Å². The monoisotopic (exact) mass is 315 g/mol. The summed E-state index contributed by atoms with van der Waals surface area (Å²) in [4.78, 5) is 2.45. The fourth-order valence-electron chi connectivity index (χ4n) is 4.30. The standard InChI is InChI=1S/C18H22FN3O/c1-23-16-4-3-13(9-15(16)19)11-22-8-2-6-18(12-22)7-5-14-10-20-21-17(14)18/h3-4,9-10H,2,5-8,11-12H2,1H3,(H,20,21). The molecule has 2 aromatic rings. The average Bonchev–Trinajstić information content (AvgIpc) is 3.13. The van der Waals surface area contributed by atoms with Crippen molar-refractivity contribution in [1.29, 1.82) is 0 Å². The van der Waals surface area contributed by atoms with Crippen molar-refractivity contribution in [3.8, 4) is 5.75 Å². The fourth-order valence-corrected chi connectivity index (χ4v) is 4.30. The van der Waals surface area contributed by atoms with E-state index in [9.17, 15) is 4.39 Å². The highest BCUT2D eigenvalue weighted by Gasteiger charge is 2.43. The number of H-pyrrole nitrogens is 1. The Morgan fingerprint density at radius 3 is 3.13 bits per heavy atom. The number of benzene rings is 1. The number of halogens is 1. The van der Waals surface area contributed by atoms with Crippen molar-refractivity contribution in [2.45, 2.75) is 37.6 Å². The lowest BCUT2D eigenvalue weighted by molar-refractivity contribution is 0.136. The van der Waals surface area contributed by atoms with Gasteiger partial charge in [-0.1, -0.05) is 6.07 Å². The SMILES string of the molecule is COc1ccc(CN2CCCC3(CCc4cn[nH]c43)C2)cc1F. The number of aromatic nitrogens is 2. The Morgan fingerprint density at radius 1 is 1.39 bits per heavy atom. The van der Waals surface area contributed by atoms with Crippen molar-refractivity contribution >= 4 is 0 Å². The van der Waals surface area contributed by atoms with Crippen LogP contribution < -0.4 is 4.74 Å². The number of hydrogen-bond donors (Lipinski definition) is 1. The summed E-state index contributed by atoms with van der Waals surface area (Å²) in [6.07, 6.45) is 6.69. The quantitative estimate of drug-likeness (QED) is 0.946. The van der Waals surface area contributed by atoms with E-state index in [-0.39, 0.29) is 11.2 Å². The summed E-state index contributed by atoms with van der Waals surface area (Å²) in [6.45, 7) is 2.88. The van der Waals surface area contributed by atoms with Crippen LogP contribution in [0.5, 0.6) is 5.75 Å². The number of ether oxygens (including phenoxy) is 1. The molecule has 1 unspecified atom stereocenters. The van der Waals surface area contributed by atoms with E-state index in [2.05, 4.69) is 15.1 Å². The van der Waals surface area contributed by atoms with Gasteiger partial charge in [0.05, 0.1) is 13.3 Å². The van der Waals surface area contributed by atoms with E-state index in [1.807, 2.05) is 12.3 Å². The molecule has 0 bridgehead atoms. The topological polar surface area (TPSA) is 41.1 Å². The van der Waals surface area contributed by atoms with Crippen LogP contribution >= 0.6 is 0 Å². The Hall–Kier alpha value is -1.88. The van der Waals surface area contributed by atoms with Gasteiger partial charge < -0.3 is 4.74 Å². The Morgan fingerprint density at radius 2 is 2.30 bits per heavy atom. The van der Waals surface area contributed by atoms with Crippen LogP contribution in [0.2, 0.25) is 0 Å². The van der Waals surface area contributed by atoms with E-state index in [4.69, 9.17) is 4.74 Å². The zero-order chi connectivity index (χ0) is 15.9. The predicted molar refractivity (Wildman–Crippen MR) is 86.0 cm³/mol. The van der Waals surface area contributed by atoms with Crippen LogP contribution in [0.15, 0.2) is 24.4 Å². The van der Waals surface area contributed by atoms with Gasteiger partial charge in [-0.3, -0.25) is 10.00 Å². The largest absolute Gasteiger partial charge is 0.494 e. The number of nitrogens with one attached hydrogen (secondary N) is 1. The molecule has 1 aliphatic carbocycles. The van der Waals surface area contributed by atoms with Crippen molar-refractivity contribution in [3.05, 3.63) is 47.0 Å². The summed E-state index contributed by atoms with van der Waals surface area (Å²) in [7, 11) is 1.49. The first-order chi connectivity index (χ1) is 11.2. The van der Waals surface area contributed by atoms with Gasteiger partial charge in [0.2, 0.25) is 0 Å². The minimum atomic E-state index is -0.284. The molecule has 1 aliphatic heterocycles. The molecule has 1 fully saturated rings. The second kappa shape index (κ2) is 5.64. The molecule has 122 valence electrons. The summed E-state index contributed by atoms with van der Waals surface area (Å²) in [5, 5.41) is 7.46. The number of likely N-dealkylation sites (tertiary alicyclic amines) is 1. The van der Waals surface area contributed by atoms with Crippen molar-refractivity contribution in [2.75, 3.05) is 20.2 Å². The van der Waals surface area contributed by atoms with E-state index < -0.39 is 0 Å². The maximum atomic E-state index is 13.9. The van der Waals surface area contributed by atoms with Crippen LogP contribution in [0.4, 0.5) is 4.39 Å². The minimum Gasteiger partial charge on any atom is -0.494 e. The Bertz CT molecular complexity index is 714. The highest BCUT2D eigenvalue weighted by molar-refractivity contribution is 5.33. The maximum Gasteiger partial charge on any atom is 0.165 e. The molecule has 1 N–H and O–H groups in total. The molecule has 0 amide bonds. The van der Waals surface area contributed by atoms with Gasteiger partial charge >= 0.3 is 0 Å². The number of nitrogens with zero attached hydrogens (tertiary/aromatic N) is 2. The zero-order valence-electron chi connectivity index (χ0n) is 13.4. The van der Waals surface area contributed by atoms with Crippen LogP contribution in [-0.2, 0) is 18.4 Å². The maximum absolute atomic E-state index is 13.9. The summed E-state index contributed by atoms with van der Waals surface area (Å²) in [5.74, 6) is 0.0233. The summed E-state index contributed by atoms with van der Waals surface area (Å²) >= 11 is 0.